The number of nitro benzene ring substituents is 1. The van der Waals surface area contributed by atoms with Crippen molar-refractivity contribution in [3.63, 3.8) is 0 Å². The van der Waals surface area contributed by atoms with Crippen molar-refractivity contribution < 1.29 is 14.5 Å². The number of ether oxygens (including phenoxy) is 1. The molecule has 1 amide bonds. The molecule has 1 aromatic carbocycles. The molecule has 25 heavy (non-hydrogen) atoms. The lowest BCUT2D eigenvalue weighted by Gasteiger charge is -2.34. The van der Waals surface area contributed by atoms with Gasteiger partial charge in [-0.15, -0.1) is 0 Å². The third-order valence-corrected chi connectivity index (χ3v) is 4.51. The zero-order valence-electron chi connectivity index (χ0n) is 14.9. The molecule has 1 aliphatic heterocycles. The number of nitrogens with zero attached hydrogens (tertiary/aromatic N) is 3. The Balaban J connectivity index is 1.77. The van der Waals surface area contributed by atoms with Crippen LogP contribution in [0, 0.1) is 17.0 Å². The molecule has 0 spiro atoms. The van der Waals surface area contributed by atoms with Crippen molar-refractivity contribution in [3.05, 3.63) is 33.9 Å². The fourth-order valence-electron chi connectivity index (χ4n) is 2.89. The van der Waals surface area contributed by atoms with E-state index in [1.165, 1.54) is 6.07 Å². The van der Waals surface area contributed by atoms with Gasteiger partial charge in [-0.1, -0.05) is 6.07 Å². The summed E-state index contributed by atoms with van der Waals surface area (Å²) in [5, 5.41) is 13.7. The molecule has 8 heteroatoms. The highest BCUT2D eigenvalue weighted by Gasteiger charge is 2.18. The minimum absolute atomic E-state index is 0.0185. The van der Waals surface area contributed by atoms with Gasteiger partial charge in [-0.05, 0) is 13.0 Å². The highest BCUT2D eigenvalue weighted by Crippen LogP contribution is 2.25. The highest BCUT2D eigenvalue weighted by atomic mass is 16.6. The Bertz CT molecular complexity index is 600. The molecule has 138 valence electrons. The lowest BCUT2D eigenvalue weighted by molar-refractivity contribution is -0.385. The number of methoxy groups -OCH3 is 1. The minimum atomic E-state index is -0.436. The van der Waals surface area contributed by atoms with Crippen LogP contribution in [0.2, 0.25) is 0 Å². The van der Waals surface area contributed by atoms with Crippen molar-refractivity contribution in [2.75, 3.05) is 58.3 Å². The van der Waals surface area contributed by atoms with Crippen molar-refractivity contribution in [1.82, 2.24) is 9.80 Å². The average Bonchev–Trinajstić information content (AvgIpc) is 2.60. The van der Waals surface area contributed by atoms with Gasteiger partial charge in [0.15, 0.2) is 0 Å². The van der Waals surface area contributed by atoms with Gasteiger partial charge in [0.05, 0.1) is 22.8 Å². The molecule has 0 aromatic heterocycles. The summed E-state index contributed by atoms with van der Waals surface area (Å²) in [4.78, 5) is 27.3. The predicted octanol–water partition coefficient (Wildman–Crippen LogP) is 1.50. The molecular weight excluding hydrogens is 324 g/mol. The standard InChI is InChI=1S/C17H26N4O4/c1-14-15(4-3-5-16(14)21(23)24)18-17(22)6-7-19-8-10-20(11-9-19)12-13-25-2/h3-5H,6-13H2,1-2H3,(H,18,22). The van der Waals surface area contributed by atoms with Crippen molar-refractivity contribution in [2.24, 2.45) is 0 Å². The van der Waals surface area contributed by atoms with Gasteiger partial charge in [-0.2, -0.15) is 0 Å². The van der Waals surface area contributed by atoms with Gasteiger partial charge in [0, 0.05) is 58.9 Å². The topological polar surface area (TPSA) is 88.0 Å². The second-order valence-electron chi connectivity index (χ2n) is 6.18. The largest absolute Gasteiger partial charge is 0.383 e. The fraction of sp³-hybridized carbons (Fsp3) is 0.588. The molecule has 0 saturated carbocycles. The molecule has 1 aromatic rings. The zero-order valence-corrected chi connectivity index (χ0v) is 14.9. The number of benzene rings is 1. The zero-order chi connectivity index (χ0) is 18.2. The number of nitro groups is 1. The number of carbonyl (C=O) groups excluding carboxylic acids is 1. The van der Waals surface area contributed by atoms with E-state index in [1.54, 1.807) is 26.2 Å². The van der Waals surface area contributed by atoms with Crippen LogP contribution >= 0.6 is 0 Å². The summed E-state index contributed by atoms with van der Waals surface area (Å²) < 4.78 is 5.09. The monoisotopic (exact) mass is 350 g/mol. The van der Waals surface area contributed by atoms with E-state index in [0.29, 0.717) is 24.2 Å². The van der Waals surface area contributed by atoms with Crippen LogP contribution in [0.25, 0.3) is 0 Å². The van der Waals surface area contributed by atoms with Crippen LogP contribution < -0.4 is 5.32 Å². The van der Waals surface area contributed by atoms with E-state index in [4.69, 9.17) is 4.74 Å². The Morgan fingerprint density at radius 2 is 1.88 bits per heavy atom. The van der Waals surface area contributed by atoms with E-state index in [2.05, 4.69) is 15.1 Å². The van der Waals surface area contributed by atoms with Crippen LogP contribution in [0.15, 0.2) is 18.2 Å². The minimum Gasteiger partial charge on any atom is -0.383 e. The molecule has 0 aliphatic carbocycles. The molecule has 1 aliphatic rings. The fourth-order valence-corrected chi connectivity index (χ4v) is 2.89. The quantitative estimate of drug-likeness (QED) is 0.565. The van der Waals surface area contributed by atoms with Gasteiger partial charge >= 0.3 is 0 Å². The Hall–Kier alpha value is -2.03. The number of hydrogen-bond donors (Lipinski definition) is 1. The lowest BCUT2D eigenvalue weighted by Crippen LogP contribution is -2.47. The van der Waals surface area contributed by atoms with Gasteiger partial charge in [-0.3, -0.25) is 19.8 Å². The van der Waals surface area contributed by atoms with Crippen molar-refractivity contribution >= 4 is 17.3 Å². The number of carbonyl (C=O) groups is 1. The number of nitrogens with one attached hydrogen (secondary N) is 1. The maximum Gasteiger partial charge on any atom is 0.274 e. The molecule has 1 heterocycles. The van der Waals surface area contributed by atoms with E-state index < -0.39 is 4.92 Å². The summed E-state index contributed by atoms with van der Waals surface area (Å²) in [6.07, 6.45) is 0.375. The molecule has 0 radical (unpaired) electrons. The average molecular weight is 350 g/mol. The predicted molar refractivity (Wildman–Crippen MR) is 95.8 cm³/mol. The first kappa shape index (κ1) is 19.3. The van der Waals surface area contributed by atoms with Crippen LogP contribution in [0.4, 0.5) is 11.4 Å². The van der Waals surface area contributed by atoms with Crippen LogP contribution in [0.3, 0.4) is 0 Å². The van der Waals surface area contributed by atoms with E-state index >= 15 is 0 Å². The molecule has 0 unspecified atom stereocenters. The van der Waals surface area contributed by atoms with Gasteiger partial charge in [-0.25, -0.2) is 0 Å². The maximum absolute atomic E-state index is 12.2. The first-order chi connectivity index (χ1) is 12.0. The van der Waals surface area contributed by atoms with E-state index in [-0.39, 0.29) is 11.6 Å². The Labute approximate surface area is 147 Å². The van der Waals surface area contributed by atoms with E-state index in [9.17, 15) is 14.9 Å². The van der Waals surface area contributed by atoms with Crippen LogP contribution in [-0.2, 0) is 9.53 Å². The van der Waals surface area contributed by atoms with Gasteiger partial charge in [0.25, 0.3) is 5.69 Å². The SMILES string of the molecule is COCCN1CCN(CCC(=O)Nc2cccc([N+](=O)[O-])c2C)CC1. The Morgan fingerprint density at radius 1 is 1.24 bits per heavy atom. The van der Waals surface area contributed by atoms with Crippen molar-refractivity contribution in [2.45, 2.75) is 13.3 Å². The van der Waals surface area contributed by atoms with Crippen molar-refractivity contribution in [1.29, 1.82) is 0 Å². The second kappa shape index (κ2) is 9.45. The highest BCUT2D eigenvalue weighted by molar-refractivity contribution is 5.92. The van der Waals surface area contributed by atoms with E-state index in [1.807, 2.05) is 0 Å². The van der Waals surface area contributed by atoms with Crippen LogP contribution in [-0.4, -0.2) is 73.6 Å². The summed E-state index contributed by atoms with van der Waals surface area (Å²) in [6.45, 7) is 7.86. The summed E-state index contributed by atoms with van der Waals surface area (Å²) in [5.74, 6) is -0.120. The number of rotatable bonds is 8. The molecule has 1 N–H and O–H groups in total. The normalized spacial score (nSPS) is 15.9. The third-order valence-electron chi connectivity index (χ3n) is 4.51. The summed E-state index contributed by atoms with van der Waals surface area (Å²) in [7, 11) is 1.71. The summed E-state index contributed by atoms with van der Waals surface area (Å²) >= 11 is 0. The lowest BCUT2D eigenvalue weighted by atomic mass is 10.1. The molecule has 2 rings (SSSR count). The molecular formula is C17H26N4O4. The van der Waals surface area contributed by atoms with Gasteiger partial charge < -0.3 is 15.0 Å². The molecule has 0 atom stereocenters. The first-order valence-electron chi connectivity index (χ1n) is 8.48. The summed E-state index contributed by atoms with van der Waals surface area (Å²) in [6, 6.07) is 4.71. The Kier molecular flexibility index (Phi) is 7.30. The number of anilines is 1. The molecule has 8 nitrogen and oxygen atoms in total. The number of hydrogen-bond acceptors (Lipinski definition) is 6. The van der Waals surface area contributed by atoms with E-state index in [0.717, 1.165) is 39.3 Å². The second-order valence-corrected chi connectivity index (χ2v) is 6.18. The Morgan fingerprint density at radius 3 is 2.48 bits per heavy atom. The van der Waals surface area contributed by atoms with Gasteiger partial charge in [0.2, 0.25) is 5.91 Å². The van der Waals surface area contributed by atoms with Crippen LogP contribution in [0.5, 0.6) is 0 Å². The molecule has 0 bridgehead atoms. The third kappa shape index (κ3) is 5.77. The van der Waals surface area contributed by atoms with Gasteiger partial charge in [0.1, 0.15) is 0 Å². The number of piperazine rings is 1. The maximum atomic E-state index is 12.2. The first-order valence-corrected chi connectivity index (χ1v) is 8.48. The summed E-state index contributed by atoms with van der Waals surface area (Å²) in [5.41, 5.74) is 1.00. The molecule has 1 fully saturated rings. The smallest absolute Gasteiger partial charge is 0.274 e. The number of amides is 1. The van der Waals surface area contributed by atoms with Crippen LogP contribution in [0.1, 0.15) is 12.0 Å². The molecule has 1 saturated heterocycles. The van der Waals surface area contributed by atoms with Crippen molar-refractivity contribution in [3.8, 4) is 0 Å².